The highest BCUT2D eigenvalue weighted by Crippen LogP contribution is 2.35. The fraction of sp³-hybridized carbons (Fsp3) is 0.571. The van der Waals surface area contributed by atoms with Crippen molar-refractivity contribution < 1.29 is 14.4 Å². The third kappa shape index (κ3) is 4.15. The van der Waals surface area contributed by atoms with E-state index in [1.807, 2.05) is 30.3 Å². The molecule has 27 heavy (non-hydrogen) atoms. The van der Waals surface area contributed by atoms with E-state index in [9.17, 15) is 14.4 Å². The fourth-order valence-electron chi connectivity index (χ4n) is 4.14. The second-order valence-electron chi connectivity index (χ2n) is 7.98. The van der Waals surface area contributed by atoms with Gasteiger partial charge in [0, 0.05) is 13.0 Å². The Balaban J connectivity index is 1.50. The van der Waals surface area contributed by atoms with Gasteiger partial charge in [-0.1, -0.05) is 57.0 Å². The number of hydrogen-bond donors (Lipinski definition) is 2. The van der Waals surface area contributed by atoms with E-state index in [2.05, 4.69) is 24.5 Å². The van der Waals surface area contributed by atoms with Crippen molar-refractivity contribution >= 4 is 17.8 Å². The van der Waals surface area contributed by atoms with Crippen LogP contribution in [-0.2, 0) is 9.59 Å². The summed E-state index contributed by atoms with van der Waals surface area (Å²) < 4.78 is 0. The van der Waals surface area contributed by atoms with Gasteiger partial charge in [0.05, 0.1) is 6.04 Å². The molecule has 1 heterocycles. The number of benzene rings is 1. The van der Waals surface area contributed by atoms with Gasteiger partial charge in [0.15, 0.2) is 0 Å². The summed E-state index contributed by atoms with van der Waals surface area (Å²) in [5.74, 6) is 0.0967. The van der Waals surface area contributed by atoms with Crippen LogP contribution in [0.1, 0.15) is 64.0 Å². The molecule has 3 rings (SSSR count). The number of amides is 4. The quantitative estimate of drug-likeness (QED) is 0.723. The summed E-state index contributed by atoms with van der Waals surface area (Å²) >= 11 is 0. The Bertz CT molecular complexity index is 696. The highest BCUT2D eigenvalue weighted by molar-refractivity contribution is 6.07. The van der Waals surface area contributed by atoms with Crippen LogP contribution in [0, 0.1) is 5.92 Å². The molecule has 0 bridgehead atoms. The number of rotatable bonds is 7. The minimum atomic E-state index is -0.671. The molecule has 1 aromatic rings. The second kappa shape index (κ2) is 8.11. The average molecular weight is 371 g/mol. The first-order valence-electron chi connectivity index (χ1n) is 9.91. The first-order valence-corrected chi connectivity index (χ1v) is 9.91. The molecular weight excluding hydrogens is 342 g/mol. The molecule has 2 aliphatic rings. The number of carbonyl (C=O) groups excluding carboxylic acids is 3. The van der Waals surface area contributed by atoms with E-state index in [-0.39, 0.29) is 36.3 Å². The van der Waals surface area contributed by atoms with Gasteiger partial charge in [-0.05, 0) is 30.7 Å². The SMILES string of the molecule is CC(C)C(NC(=O)CCCN1C(=O)NC2(CCCC2)C1=O)c1ccccc1. The van der Waals surface area contributed by atoms with Crippen molar-refractivity contribution in [1.29, 1.82) is 0 Å². The van der Waals surface area contributed by atoms with Crippen LogP contribution in [0.5, 0.6) is 0 Å². The first kappa shape index (κ1) is 19.4. The van der Waals surface area contributed by atoms with Crippen molar-refractivity contribution in [2.75, 3.05) is 6.54 Å². The highest BCUT2D eigenvalue weighted by Gasteiger charge is 2.52. The maximum Gasteiger partial charge on any atom is 0.325 e. The summed E-state index contributed by atoms with van der Waals surface area (Å²) in [6, 6.07) is 9.56. The van der Waals surface area contributed by atoms with Gasteiger partial charge in [-0.15, -0.1) is 0 Å². The number of carbonyl (C=O) groups is 3. The Kier molecular flexibility index (Phi) is 5.82. The summed E-state index contributed by atoms with van der Waals surface area (Å²) in [4.78, 5) is 38.5. The Morgan fingerprint density at radius 1 is 1.19 bits per heavy atom. The van der Waals surface area contributed by atoms with Crippen LogP contribution in [0.3, 0.4) is 0 Å². The molecular formula is C21H29N3O3. The zero-order valence-corrected chi connectivity index (χ0v) is 16.2. The normalized spacial score (nSPS) is 19.6. The molecule has 6 nitrogen and oxygen atoms in total. The standard InChI is InChI=1S/C21H29N3O3/c1-15(2)18(16-9-4-3-5-10-16)22-17(25)11-8-14-24-19(26)21(23-20(24)27)12-6-7-13-21/h3-5,9-10,15,18H,6-8,11-14H2,1-2H3,(H,22,25)(H,23,27). The highest BCUT2D eigenvalue weighted by atomic mass is 16.2. The third-order valence-corrected chi connectivity index (χ3v) is 5.63. The molecule has 1 unspecified atom stereocenters. The lowest BCUT2D eigenvalue weighted by atomic mass is 9.96. The van der Waals surface area contributed by atoms with Crippen molar-refractivity contribution in [3.05, 3.63) is 35.9 Å². The maximum absolute atomic E-state index is 12.6. The van der Waals surface area contributed by atoms with Crippen LogP contribution in [0.15, 0.2) is 30.3 Å². The Hall–Kier alpha value is -2.37. The van der Waals surface area contributed by atoms with E-state index in [1.54, 1.807) is 0 Å². The smallest absolute Gasteiger partial charge is 0.325 e. The summed E-state index contributed by atoms with van der Waals surface area (Å²) in [6.45, 7) is 4.44. The summed E-state index contributed by atoms with van der Waals surface area (Å²) in [5, 5.41) is 5.96. The van der Waals surface area contributed by atoms with Gasteiger partial charge >= 0.3 is 6.03 Å². The predicted octanol–water partition coefficient (Wildman–Crippen LogP) is 3.14. The maximum atomic E-state index is 12.6. The minimum absolute atomic E-state index is 0.0443. The summed E-state index contributed by atoms with van der Waals surface area (Å²) in [7, 11) is 0. The number of imide groups is 1. The van der Waals surface area contributed by atoms with Crippen LogP contribution in [0.2, 0.25) is 0 Å². The van der Waals surface area contributed by atoms with Crippen LogP contribution < -0.4 is 10.6 Å². The van der Waals surface area contributed by atoms with Crippen molar-refractivity contribution in [2.45, 2.75) is 64.0 Å². The Labute approximate surface area is 160 Å². The van der Waals surface area contributed by atoms with Crippen molar-refractivity contribution in [2.24, 2.45) is 5.92 Å². The Morgan fingerprint density at radius 2 is 1.85 bits per heavy atom. The van der Waals surface area contributed by atoms with E-state index in [0.717, 1.165) is 31.2 Å². The minimum Gasteiger partial charge on any atom is -0.349 e. The van der Waals surface area contributed by atoms with Gasteiger partial charge in [-0.2, -0.15) is 0 Å². The van der Waals surface area contributed by atoms with E-state index < -0.39 is 5.54 Å². The van der Waals surface area contributed by atoms with E-state index in [0.29, 0.717) is 12.8 Å². The first-order chi connectivity index (χ1) is 12.9. The molecule has 1 aliphatic carbocycles. The second-order valence-corrected chi connectivity index (χ2v) is 7.98. The van der Waals surface area contributed by atoms with E-state index in [4.69, 9.17) is 0 Å². The lowest BCUT2D eigenvalue weighted by molar-refractivity contribution is -0.131. The van der Waals surface area contributed by atoms with Gasteiger partial charge in [-0.3, -0.25) is 14.5 Å². The molecule has 1 saturated heterocycles. The van der Waals surface area contributed by atoms with Gasteiger partial charge < -0.3 is 10.6 Å². The molecule has 4 amide bonds. The van der Waals surface area contributed by atoms with Crippen molar-refractivity contribution in [1.82, 2.24) is 15.5 Å². The van der Waals surface area contributed by atoms with Gasteiger partial charge in [0.1, 0.15) is 5.54 Å². The number of nitrogens with one attached hydrogen (secondary N) is 2. The Morgan fingerprint density at radius 3 is 2.48 bits per heavy atom. The zero-order chi connectivity index (χ0) is 19.4. The molecule has 1 spiro atoms. The molecule has 146 valence electrons. The molecule has 0 radical (unpaired) electrons. The molecule has 1 aromatic carbocycles. The van der Waals surface area contributed by atoms with Crippen LogP contribution >= 0.6 is 0 Å². The molecule has 2 fully saturated rings. The molecule has 6 heteroatoms. The van der Waals surface area contributed by atoms with E-state index >= 15 is 0 Å². The van der Waals surface area contributed by atoms with Crippen LogP contribution in [-0.4, -0.2) is 34.8 Å². The zero-order valence-electron chi connectivity index (χ0n) is 16.2. The molecule has 1 aliphatic heterocycles. The summed E-state index contributed by atoms with van der Waals surface area (Å²) in [5.41, 5.74) is 0.410. The number of nitrogens with zero attached hydrogens (tertiary/aromatic N) is 1. The monoisotopic (exact) mass is 371 g/mol. The fourth-order valence-corrected chi connectivity index (χ4v) is 4.14. The van der Waals surface area contributed by atoms with Gasteiger partial charge in [-0.25, -0.2) is 4.79 Å². The number of urea groups is 1. The lowest BCUT2D eigenvalue weighted by Gasteiger charge is -2.23. The third-order valence-electron chi connectivity index (χ3n) is 5.63. The molecule has 1 atom stereocenters. The summed E-state index contributed by atoms with van der Waals surface area (Å²) in [6.07, 6.45) is 4.15. The molecule has 0 aromatic heterocycles. The largest absolute Gasteiger partial charge is 0.349 e. The van der Waals surface area contributed by atoms with Crippen molar-refractivity contribution in [3.63, 3.8) is 0 Å². The molecule has 2 N–H and O–H groups in total. The van der Waals surface area contributed by atoms with Crippen molar-refractivity contribution in [3.8, 4) is 0 Å². The van der Waals surface area contributed by atoms with E-state index in [1.165, 1.54) is 4.90 Å². The molecule has 1 saturated carbocycles. The van der Waals surface area contributed by atoms with Crippen LogP contribution in [0.4, 0.5) is 4.79 Å². The number of hydrogen-bond acceptors (Lipinski definition) is 3. The van der Waals surface area contributed by atoms with Crippen LogP contribution in [0.25, 0.3) is 0 Å². The lowest BCUT2D eigenvalue weighted by Crippen LogP contribution is -2.44. The van der Waals surface area contributed by atoms with Gasteiger partial charge in [0.25, 0.3) is 5.91 Å². The topological polar surface area (TPSA) is 78.5 Å². The van der Waals surface area contributed by atoms with Gasteiger partial charge in [0.2, 0.25) is 5.91 Å². The average Bonchev–Trinajstić information content (AvgIpc) is 3.20. The predicted molar refractivity (Wildman–Crippen MR) is 103 cm³/mol.